The Morgan fingerprint density at radius 2 is 1.76 bits per heavy atom. The van der Waals surface area contributed by atoms with Crippen LogP contribution in [0.4, 0.5) is 0 Å². The van der Waals surface area contributed by atoms with Crippen molar-refractivity contribution in [3.63, 3.8) is 0 Å². The first-order valence-electron chi connectivity index (χ1n) is 9.34. The zero-order valence-electron chi connectivity index (χ0n) is 15.4. The summed E-state index contributed by atoms with van der Waals surface area (Å²) >= 11 is 0. The van der Waals surface area contributed by atoms with Crippen molar-refractivity contribution in [1.82, 2.24) is 9.80 Å². The summed E-state index contributed by atoms with van der Waals surface area (Å²) < 4.78 is 5.69. The predicted octanol–water partition coefficient (Wildman–Crippen LogP) is 3.66. The van der Waals surface area contributed by atoms with Crippen LogP contribution in [0.15, 0.2) is 24.3 Å². The largest absolute Gasteiger partial charge is 0.484 e. The van der Waals surface area contributed by atoms with Crippen LogP contribution in [-0.4, -0.2) is 54.5 Å². The van der Waals surface area contributed by atoms with Crippen molar-refractivity contribution in [1.29, 1.82) is 0 Å². The van der Waals surface area contributed by atoms with Crippen molar-refractivity contribution < 1.29 is 9.53 Å². The van der Waals surface area contributed by atoms with Gasteiger partial charge in [0.2, 0.25) is 0 Å². The van der Waals surface area contributed by atoms with Gasteiger partial charge in [-0.2, -0.15) is 0 Å². The fourth-order valence-electron chi connectivity index (χ4n) is 4.11. The molecule has 1 saturated heterocycles. The number of hydrogen-bond acceptors (Lipinski definition) is 3. The van der Waals surface area contributed by atoms with Crippen LogP contribution in [0.25, 0.3) is 0 Å². The highest BCUT2D eigenvalue weighted by Crippen LogP contribution is 2.29. The molecule has 1 aliphatic carbocycles. The first-order valence-corrected chi connectivity index (χ1v) is 9.34. The molecule has 0 radical (unpaired) electrons. The van der Waals surface area contributed by atoms with Crippen LogP contribution in [-0.2, 0) is 4.79 Å². The number of hydrogen-bond donors (Lipinski definition) is 0. The highest BCUT2D eigenvalue weighted by atomic mass is 35.5. The summed E-state index contributed by atoms with van der Waals surface area (Å²) in [5.74, 6) is 0.855. The van der Waals surface area contributed by atoms with Gasteiger partial charge < -0.3 is 9.64 Å². The standard InChI is InChI=1S/C20H30N2O2.ClH/c1-16-9-11-17(12-10-16)24-15-20(23)21(2)18-7-3-4-8-19(18)22-13-5-6-14-22;/h9-12,18-19H,3-8,13-15H2,1-2H3;1H/t18-,19-;/m1./s1. The van der Waals surface area contributed by atoms with E-state index in [1.807, 2.05) is 43.1 Å². The molecule has 2 aliphatic rings. The van der Waals surface area contributed by atoms with Crippen molar-refractivity contribution in [2.45, 2.75) is 57.5 Å². The lowest BCUT2D eigenvalue weighted by Crippen LogP contribution is -2.53. The smallest absolute Gasteiger partial charge is 0.260 e. The van der Waals surface area contributed by atoms with Gasteiger partial charge in [0.25, 0.3) is 5.91 Å². The summed E-state index contributed by atoms with van der Waals surface area (Å²) in [5.41, 5.74) is 1.20. The van der Waals surface area contributed by atoms with Gasteiger partial charge in [0.1, 0.15) is 5.75 Å². The van der Waals surface area contributed by atoms with E-state index in [-0.39, 0.29) is 24.9 Å². The van der Waals surface area contributed by atoms with Gasteiger partial charge in [-0.25, -0.2) is 0 Å². The third-order valence-electron chi connectivity index (χ3n) is 5.58. The number of carbonyl (C=O) groups excluding carboxylic acids is 1. The van der Waals surface area contributed by atoms with Gasteiger partial charge in [-0.05, 0) is 57.8 Å². The molecule has 1 saturated carbocycles. The van der Waals surface area contributed by atoms with Crippen molar-refractivity contribution in [2.75, 3.05) is 26.7 Å². The molecule has 2 fully saturated rings. The Labute approximate surface area is 157 Å². The Morgan fingerprint density at radius 3 is 2.44 bits per heavy atom. The molecule has 5 heteroatoms. The number of ether oxygens (including phenoxy) is 1. The minimum atomic E-state index is 0. The molecule has 2 atom stereocenters. The Morgan fingerprint density at radius 1 is 1.12 bits per heavy atom. The molecular formula is C20H31ClN2O2. The third kappa shape index (κ3) is 5.11. The molecule has 0 aromatic heterocycles. The molecule has 3 rings (SSSR count). The number of carbonyl (C=O) groups is 1. The number of likely N-dealkylation sites (tertiary alicyclic amines) is 1. The second-order valence-corrected chi connectivity index (χ2v) is 7.27. The van der Waals surface area contributed by atoms with Gasteiger partial charge in [-0.3, -0.25) is 9.69 Å². The topological polar surface area (TPSA) is 32.8 Å². The molecular weight excluding hydrogens is 336 g/mol. The van der Waals surface area contributed by atoms with Crippen LogP contribution < -0.4 is 4.74 Å². The molecule has 0 unspecified atom stereocenters. The summed E-state index contributed by atoms with van der Waals surface area (Å²) in [7, 11) is 1.96. The van der Waals surface area contributed by atoms with E-state index in [0.717, 1.165) is 12.2 Å². The van der Waals surface area contributed by atoms with Gasteiger partial charge in [-0.1, -0.05) is 30.5 Å². The Bertz CT molecular complexity index is 543. The molecule has 1 aliphatic heterocycles. The van der Waals surface area contributed by atoms with Gasteiger partial charge >= 0.3 is 0 Å². The van der Waals surface area contributed by atoms with Crippen LogP contribution in [0.1, 0.15) is 44.1 Å². The first-order chi connectivity index (χ1) is 11.6. The summed E-state index contributed by atoms with van der Waals surface area (Å²) in [6.45, 7) is 4.57. The Hall–Kier alpha value is -1.26. The summed E-state index contributed by atoms with van der Waals surface area (Å²) in [4.78, 5) is 17.2. The molecule has 0 N–H and O–H groups in total. The van der Waals surface area contributed by atoms with E-state index < -0.39 is 0 Å². The Kier molecular flexibility index (Phi) is 7.57. The SMILES string of the molecule is Cc1ccc(OCC(=O)N(C)[C@@H]2CCCC[C@H]2N2CCCC2)cc1.Cl. The van der Waals surface area contributed by atoms with E-state index in [1.54, 1.807) is 0 Å². The number of rotatable bonds is 5. The monoisotopic (exact) mass is 366 g/mol. The van der Waals surface area contributed by atoms with E-state index in [1.165, 1.54) is 50.8 Å². The normalized spacial score (nSPS) is 23.8. The van der Waals surface area contributed by atoms with E-state index in [0.29, 0.717) is 12.1 Å². The third-order valence-corrected chi connectivity index (χ3v) is 5.58. The second kappa shape index (κ2) is 9.44. The van der Waals surface area contributed by atoms with Crippen LogP contribution in [0.5, 0.6) is 5.75 Å². The van der Waals surface area contributed by atoms with E-state index in [9.17, 15) is 4.79 Å². The molecule has 140 valence electrons. The minimum Gasteiger partial charge on any atom is -0.484 e. The van der Waals surface area contributed by atoms with Crippen molar-refractivity contribution in [3.05, 3.63) is 29.8 Å². The summed E-state index contributed by atoms with van der Waals surface area (Å²) in [5, 5.41) is 0. The molecule has 1 aromatic rings. The molecule has 1 aromatic carbocycles. The predicted molar refractivity (Wildman–Crippen MR) is 104 cm³/mol. The van der Waals surface area contributed by atoms with Gasteiger partial charge in [0.05, 0.1) is 0 Å². The van der Waals surface area contributed by atoms with Crippen molar-refractivity contribution in [2.24, 2.45) is 0 Å². The number of aryl methyl sites for hydroxylation is 1. The number of amides is 1. The zero-order valence-corrected chi connectivity index (χ0v) is 16.3. The summed E-state index contributed by atoms with van der Waals surface area (Å²) in [6, 6.07) is 8.75. The number of halogens is 1. The second-order valence-electron chi connectivity index (χ2n) is 7.27. The summed E-state index contributed by atoms with van der Waals surface area (Å²) in [6.07, 6.45) is 7.47. The van der Waals surface area contributed by atoms with Gasteiger partial charge in [-0.15, -0.1) is 12.4 Å². The zero-order chi connectivity index (χ0) is 16.9. The van der Waals surface area contributed by atoms with Crippen molar-refractivity contribution >= 4 is 18.3 Å². The molecule has 1 heterocycles. The molecule has 0 spiro atoms. The average molecular weight is 367 g/mol. The molecule has 4 nitrogen and oxygen atoms in total. The number of likely N-dealkylation sites (N-methyl/N-ethyl adjacent to an activating group) is 1. The van der Waals surface area contributed by atoms with E-state index in [2.05, 4.69) is 4.90 Å². The molecule has 0 bridgehead atoms. The van der Waals surface area contributed by atoms with Gasteiger partial charge in [0.15, 0.2) is 6.61 Å². The number of nitrogens with zero attached hydrogens (tertiary/aromatic N) is 2. The lowest BCUT2D eigenvalue weighted by atomic mass is 9.88. The quantitative estimate of drug-likeness (QED) is 0.797. The molecule has 1 amide bonds. The highest BCUT2D eigenvalue weighted by Gasteiger charge is 2.35. The number of benzene rings is 1. The Balaban J connectivity index is 0.00000225. The van der Waals surface area contributed by atoms with E-state index in [4.69, 9.17) is 4.74 Å². The van der Waals surface area contributed by atoms with Crippen LogP contribution >= 0.6 is 12.4 Å². The molecule has 25 heavy (non-hydrogen) atoms. The van der Waals surface area contributed by atoms with Crippen molar-refractivity contribution in [3.8, 4) is 5.75 Å². The van der Waals surface area contributed by atoms with Crippen LogP contribution in [0.2, 0.25) is 0 Å². The average Bonchev–Trinajstić information content (AvgIpc) is 3.15. The first kappa shape index (κ1) is 20.1. The lowest BCUT2D eigenvalue weighted by molar-refractivity contribution is -0.136. The highest BCUT2D eigenvalue weighted by molar-refractivity contribution is 5.85. The fraction of sp³-hybridized carbons (Fsp3) is 0.650. The lowest BCUT2D eigenvalue weighted by Gasteiger charge is -2.42. The fourth-order valence-corrected chi connectivity index (χ4v) is 4.11. The van der Waals surface area contributed by atoms with Crippen LogP contribution in [0.3, 0.4) is 0 Å². The maximum absolute atomic E-state index is 12.6. The maximum atomic E-state index is 12.6. The minimum absolute atomic E-state index is 0. The van der Waals surface area contributed by atoms with Gasteiger partial charge in [0, 0.05) is 19.1 Å². The van der Waals surface area contributed by atoms with E-state index >= 15 is 0 Å². The maximum Gasteiger partial charge on any atom is 0.260 e. The van der Waals surface area contributed by atoms with Crippen LogP contribution in [0, 0.1) is 6.92 Å².